The van der Waals surface area contributed by atoms with E-state index in [9.17, 15) is 9.59 Å². The quantitative estimate of drug-likeness (QED) is 0.446. The molecule has 0 saturated heterocycles. The van der Waals surface area contributed by atoms with Crippen LogP contribution in [0.2, 0.25) is 0 Å². The number of carbonyl (C=O) groups is 2. The zero-order valence-electron chi connectivity index (χ0n) is 15.9. The first-order valence-electron chi connectivity index (χ1n) is 8.92. The summed E-state index contributed by atoms with van der Waals surface area (Å²) in [6.07, 6.45) is 0. The Morgan fingerprint density at radius 1 is 0.633 bits per heavy atom. The van der Waals surface area contributed by atoms with Gasteiger partial charge >= 0.3 is 0 Å². The molecule has 0 amide bonds. The van der Waals surface area contributed by atoms with Crippen molar-refractivity contribution in [3.8, 4) is 22.9 Å². The molecule has 0 saturated carbocycles. The molecule has 0 radical (unpaired) electrons. The zero-order chi connectivity index (χ0) is 20.8. The van der Waals surface area contributed by atoms with Crippen molar-refractivity contribution in [3.05, 3.63) is 71.3 Å². The second kappa shape index (κ2) is 6.62. The number of ketones is 2. The van der Waals surface area contributed by atoms with Gasteiger partial charge in [0.1, 0.15) is 22.9 Å². The van der Waals surface area contributed by atoms with Crippen molar-refractivity contribution < 1.29 is 19.1 Å². The molecule has 0 bridgehead atoms. The average molecular weight is 402 g/mol. The molecule has 10 heteroatoms. The number of hydrogen-bond acceptors (Lipinski definition) is 8. The Morgan fingerprint density at radius 3 is 1.40 bits per heavy atom. The highest BCUT2D eigenvalue weighted by atomic mass is 16.5. The normalized spacial score (nSPS) is 12.5. The molecule has 2 aromatic carbocycles. The fraction of sp³-hybridized carbons (Fsp3) is 0.100. The molecule has 4 aromatic rings. The van der Waals surface area contributed by atoms with Gasteiger partial charge in [-0.25, -0.2) is 9.36 Å². The lowest BCUT2D eigenvalue weighted by Gasteiger charge is -2.13. The highest BCUT2D eigenvalue weighted by molar-refractivity contribution is 6.25. The second-order valence-electron chi connectivity index (χ2n) is 6.45. The van der Waals surface area contributed by atoms with Crippen LogP contribution in [0.25, 0.3) is 11.4 Å². The molecule has 2 aromatic heterocycles. The number of methoxy groups -OCH3 is 2. The van der Waals surface area contributed by atoms with Gasteiger partial charge in [0.15, 0.2) is 11.4 Å². The SMILES string of the molecule is COc1ccc(-n2nnc3c2C(=O)c2c(nnn2-c2ccc(OC)cc2)C3=O)cc1. The monoisotopic (exact) mass is 402 g/mol. The van der Waals surface area contributed by atoms with E-state index in [0.717, 1.165) is 0 Å². The van der Waals surface area contributed by atoms with E-state index >= 15 is 0 Å². The van der Waals surface area contributed by atoms with Crippen molar-refractivity contribution in [3.63, 3.8) is 0 Å². The molecule has 0 atom stereocenters. The topological polar surface area (TPSA) is 114 Å². The minimum atomic E-state index is -0.501. The van der Waals surface area contributed by atoms with Gasteiger partial charge in [-0.1, -0.05) is 10.4 Å². The Bertz CT molecular complexity index is 1190. The van der Waals surface area contributed by atoms with E-state index in [0.29, 0.717) is 22.9 Å². The minimum Gasteiger partial charge on any atom is -0.497 e. The lowest BCUT2D eigenvalue weighted by Crippen LogP contribution is -2.25. The molecule has 1 aliphatic carbocycles. The number of benzene rings is 2. The molecule has 2 heterocycles. The van der Waals surface area contributed by atoms with Gasteiger partial charge in [0.25, 0.3) is 0 Å². The van der Waals surface area contributed by atoms with E-state index in [4.69, 9.17) is 9.47 Å². The van der Waals surface area contributed by atoms with Gasteiger partial charge in [-0.3, -0.25) is 9.59 Å². The van der Waals surface area contributed by atoms with Crippen molar-refractivity contribution in [1.29, 1.82) is 0 Å². The molecule has 0 spiro atoms. The average Bonchev–Trinajstić information content (AvgIpc) is 3.43. The number of ether oxygens (including phenoxy) is 2. The number of aromatic nitrogens is 6. The maximum atomic E-state index is 13.4. The van der Waals surface area contributed by atoms with Crippen molar-refractivity contribution in [1.82, 2.24) is 30.0 Å². The van der Waals surface area contributed by atoms with Crippen LogP contribution >= 0.6 is 0 Å². The van der Waals surface area contributed by atoms with Crippen LogP contribution in [0.3, 0.4) is 0 Å². The third-order valence-corrected chi connectivity index (χ3v) is 4.83. The van der Waals surface area contributed by atoms with Crippen LogP contribution in [-0.2, 0) is 0 Å². The van der Waals surface area contributed by atoms with Gasteiger partial charge < -0.3 is 9.47 Å². The Hall–Kier alpha value is -4.34. The molecule has 148 valence electrons. The van der Waals surface area contributed by atoms with E-state index in [2.05, 4.69) is 20.6 Å². The predicted molar refractivity (Wildman–Crippen MR) is 103 cm³/mol. The Labute approximate surface area is 169 Å². The zero-order valence-corrected chi connectivity index (χ0v) is 15.9. The number of hydrogen-bond donors (Lipinski definition) is 0. The first kappa shape index (κ1) is 17.7. The largest absolute Gasteiger partial charge is 0.497 e. The minimum absolute atomic E-state index is 0.0508. The van der Waals surface area contributed by atoms with Gasteiger partial charge in [0, 0.05) is 0 Å². The van der Waals surface area contributed by atoms with Crippen LogP contribution in [0.15, 0.2) is 48.5 Å². The summed E-state index contributed by atoms with van der Waals surface area (Å²) in [5.41, 5.74) is 1.16. The van der Waals surface area contributed by atoms with Crippen LogP contribution in [-0.4, -0.2) is 55.8 Å². The Kier molecular flexibility index (Phi) is 3.91. The molecular weight excluding hydrogens is 388 g/mol. The summed E-state index contributed by atoms with van der Waals surface area (Å²) < 4.78 is 13.0. The molecule has 1 aliphatic rings. The third kappa shape index (κ3) is 2.50. The molecule has 5 rings (SSSR count). The second-order valence-corrected chi connectivity index (χ2v) is 6.45. The maximum Gasteiger partial charge on any atom is 0.238 e. The van der Waals surface area contributed by atoms with Crippen molar-refractivity contribution >= 4 is 11.6 Å². The highest BCUT2D eigenvalue weighted by Gasteiger charge is 2.40. The summed E-state index contributed by atoms with van der Waals surface area (Å²) in [7, 11) is 3.12. The van der Waals surface area contributed by atoms with Gasteiger partial charge in [-0.2, -0.15) is 0 Å². The van der Waals surface area contributed by atoms with Gasteiger partial charge in [0.05, 0.1) is 25.6 Å². The molecule has 0 aliphatic heterocycles. The van der Waals surface area contributed by atoms with Crippen LogP contribution in [0.1, 0.15) is 32.4 Å². The lowest BCUT2D eigenvalue weighted by atomic mass is 9.98. The standard InChI is InChI=1S/C20H14N6O4/c1-29-13-7-3-11(4-8-13)25-17-15(21-23-25)19(27)16-18(20(17)28)26(24-22-16)12-5-9-14(30-2)10-6-12/h3-10H,1-2H3. The van der Waals surface area contributed by atoms with Gasteiger partial charge in [0.2, 0.25) is 11.6 Å². The summed E-state index contributed by atoms with van der Waals surface area (Å²) in [6, 6.07) is 13.8. The van der Waals surface area contributed by atoms with E-state index < -0.39 is 11.6 Å². The molecule has 0 N–H and O–H groups in total. The van der Waals surface area contributed by atoms with E-state index in [1.807, 2.05) is 0 Å². The van der Waals surface area contributed by atoms with Crippen molar-refractivity contribution in [2.24, 2.45) is 0 Å². The van der Waals surface area contributed by atoms with Gasteiger partial charge in [-0.05, 0) is 48.5 Å². The number of nitrogens with zero attached hydrogens (tertiary/aromatic N) is 6. The lowest BCUT2D eigenvalue weighted by molar-refractivity contribution is 0.0966. The van der Waals surface area contributed by atoms with Crippen LogP contribution < -0.4 is 9.47 Å². The molecule has 10 nitrogen and oxygen atoms in total. The molecule has 30 heavy (non-hydrogen) atoms. The van der Waals surface area contributed by atoms with E-state index in [-0.39, 0.29) is 22.8 Å². The molecule has 0 unspecified atom stereocenters. The highest BCUT2D eigenvalue weighted by Crippen LogP contribution is 2.28. The summed E-state index contributed by atoms with van der Waals surface area (Å²) >= 11 is 0. The fourth-order valence-electron chi connectivity index (χ4n) is 3.31. The molecular formula is C20H14N6O4. The summed E-state index contributed by atoms with van der Waals surface area (Å²) in [5.74, 6) is 0.360. The number of carbonyl (C=O) groups excluding carboxylic acids is 2. The smallest absolute Gasteiger partial charge is 0.238 e. The van der Waals surface area contributed by atoms with E-state index in [1.54, 1.807) is 62.8 Å². The summed E-state index contributed by atoms with van der Waals surface area (Å²) in [5, 5.41) is 15.9. The van der Waals surface area contributed by atoms with Crippen molar-refractivity contribution in [2.45, 2.75) is 0 Å². The Morgan fingerprint density at radius 2 is 1.03 bits per heavy atom. The van der Waals surface area contributed by atoms with Crippen LogP contribution in [0, 0.1) is 0 Å². The fourth-order valence-corrected chi connectivity index (χ4v) is 3.31. The van der Waals surface area contributed by atoms with Crippen LogP contribution in [0.5, 0.6) is 11.5 Å². The summed E-state index contributed by atoms with van der Waals surface area (Å²) in [6.45, 7) is 0. The van der Waals surface area contributed by atoms with E-state index in [1.165, 1.54) is 9.36 Å². The first-order valence-corrected chi connectivity index (χ1v) is 8.92. The van der Waals surface area contributed by atoms with Crippen LogP contribution in [0.4, 0.5) is 0 Å². The number of fused-ring (bicyclic) bond motifs is 2. The number of rotatable bonds is 4. The van der Waals surface area contributed by atoms with Crippen molar-refractivity contribution in [2.75, 3.05) is 14.2 Å². The third-order valence-electron chi connectivity index (χ3n) is 4.83. The van der Waals surface area contributed by atoms with Gasteiger partial charge in [-0.15, -0.1) is 10.2 Å². The maximum absolute atomic E-state index is 13.4. The first-order chi connectivity index (χ1) is 14.6. The predicted octanol–water partition coefficient (Wildman–Crippen LogP) is 1.64. The summed E-state index contributed by atoms with van der Waals surface area (Å²) in [4.78, 5) is 26.3. The Balaban J connectivity index is 1.63. The molecule has 0 fully saturated rings.